The maximum absolute atomic E-state index is 13.4. The van der Waals surface area contributed by atoms with Gasteiger partial charge >= 0.3 is 0 Å². The van der Waals surface area contributed by atoms with Crippen LogP contribution in [0.1, 0.15) is 5.56 Å². The van der Waals surface area contributed by atoms with E-state index in [1.54, 1.807) is 6.07 Å². The van der Waals surface area contributed by atoms with Crippen molar-refractivity contribution in [1.29, 1.82) is 0 Å². The summed E-state index contributed by atoms with van der Waals surface area (Å²) >= 11 is 0. The number of para-hydroxylation sites is 1. The van der Waals surface area contributed by atoms with Gasteiger partial charge in [-0.2, -0.15) is 0 Å². The fourth-order valence-corrected chi connectivity index (χ4v) is 2.43. The van der Waals surface area contributed by atoms with Gasteiger partial charge in [-0.25, -0.2) is 9.37 Å². The zero-order valence-corrected chi connectivity index (χ0v) is 10.8. The third-order valence-corrected chi connectivity index (χ3v) is 3.35. The van der Waals surface area contributed by atoms with Gasteiger partial charge < -0.3 is 10.3 Å². The summed E-state index contributed by atoms with van der Waals surface area (Å²) in [6.07, 6.45) is 0. The van der Waals surface area contributed by atoms with E-state index in [0.717, 1.165) is 16.6 Å². The maximum atomic E-state index is 13.4. The van der Waals surface area contributed by atoms with Gasteiger partial charge in [0.05, 0.1) is 11.0 Å². The van der Waals surface area contributed by atoms with E-state index in [1.165, 1.54) is 12.1 Å². The molecule has 0 amide bonds. The number of fused-ring (bicyclic) bond motifs is 1. The maximum Gasteiger partial charge on any atom is 0.143 e. The molecule has 0 fully saturated rings. The molecule has 0 aliphatic rings. The quantitative estimate of drug-likeness (QED) is 0.678. The molecule has 3 nitrogen and oxygen atoms in total. The van der Waals surface area contributed by atoms with Gasteiger partial charge in [-0.1, -0.05) is 12.1 Å². The zero-order valence-electron chi connectivity index (χ0n) is 10.8. The summed E-state index contributed by atoms with van der Waals surface area (Å²) in [6.45, 7) is 2.03. The van der Waals surface area contributed by atoms with Gasteiger partial charge in [0.2, 0.25) is 0 Å². The minimum atomic E-state index is -0.312. The molecule has 0 bridgehead atoms. The van der Waals surface area contributed by atoms with E-state index in [0.29, 0.717) is 17.1 Å². The molecule has 2 aromatic carbocycles. The molecule has 0 radical (unpaired) electrons. The predicted molar refractivity (Wildman–Crippen MR) is 75.3 cm³/mol. The summed E-state index contributed by atoms with van der Waals surface area (Å²) in [6, 6.07) is 10.3. The molecule has 0 unspecified atom stereocenters. The molecular formula is C15H14FN3. The predicted octanol–water partition coefficient (Wildman–Crippen LogP) is 3.27. The lowest BCUT2D eigenvalue weighted by Gasteiger charge is -2.06. The third-order valence-electron chi connectivity index (χ3n) is 3.35. The standard InChI is InChI=1S/C15H14FN3/c1-9-4-3-5-13-14(9)19(2)15(18-13)11-8-10(16)6-7-12(11)17/h3-8H,17H2,1-2H3. The van der Waals surface area contributed by atoms with Crippen LogP contribution in [0.15, 0.2) is 36.4 Å². The molecule has 0 atom stereocenters. The van der Waals surface area contributed by atoms with Crippen LogP contribution in [0.4, 0.5) is 10.1 Å². The number of halogens is 1. The summed E-state index contributed by atoms with van der Waals surface area (Å²) in [5, 5.41) is 0. The van der Waals surface area contributed by atoms with Crippen LogP contribution in [0.2, 0.25) is 0 Å². The summed E-state index contributed by atoms with van der Waals surface area (Å²) in [5.74, 6) is 0.370. The van der Waals surface area contributed by atoms with Gasteiger partial charge in [0.1, 0.15) is 11.6 Å². The van der Waals surface area contributed by atoms with Gasteiger partial charge in [-0.3, -0.25) is 0 Å². The lowest BCUT2D eigenvalue weighted by atomic mass is 10.1. The smallest absolute Gasteiger partial charge is 0.143 e. The average molecular weight is 255 g/mol. The van der Waals surface area contributed by atoms with Crippen molar-refractivity contribution in [3.63, 3.8) is 0 Å². The van der Waals surface area contributed by atoms with Crippen molar-refractivity contribution in [2.75, 3.05) is 5.73 Å². The third kappa shape index (κ3) is 1.76. The Bertz CT molecular complexity index is 774. The number of nitrogens with two attached hydrogens (primary N) is 1. The SMILES string of the molecule is Cc1cccc2nc(-c3cc(F)ccc3N)n(C)c12. The Labute approximate surface area is 110 Å². The average Bonchev–Trinajstić information content (AvgIpc) is 2.71. The number of hydrogen-bond donors (Lipinski definition) is 1. The Balaban J connectivity index is 2.34. The summed E-state index contributed by atoms with van der Waals surface area (Å²) < 4.78 is 15.4. The van der Waals surface area contributed by atoms with Crippen LogP contribution in [0.5, 0.6) is 0 Å². The lowest BCUT2D eigenvalue weighted by molar-refractivity contribution is 0.628. The van der Waals surface area contributed by atoms with Gasteiger partial charge in [-0.05, 0) is 36.8 Å². The lowest BCUT2D eigenvalue weighted by Crippen LogP contribution is -1.98. The fourth-order valence-electron chi connectivity index (χ4n) is 2.43. The largest absolute Gasteiger partial charge is 0.398 e. The van der Waals surface area contributed by atoms with E-state index in [4.69, 9.17) is 5.73 Å². The molecule has 4 heteroatoms. The van der Waals surface area contributed by atoms with Crippen LogP contribution in [0.25, 0.3) is 22.4 Å². The number of hydrogen-bond acceptors (Lipinski definition) is 2. The highest BCUT2D eigenvalue weighted by molar-refractivity contribution is 5.85. The monoisotopic (exact) mass is 255 g/mol. The second-order valence-electron chi connectivity index (χ2n) is 4.67. The number of benzene rings is 2. The molecule has 1 heterocycles. The molecule has 1 aromatic heterocycles. The molecule has 3 rings (SSSR count). The van der Waals surface area contributed by atoms with Crippen molar-refractivity contribution in [1.82, 2.24) is 9.55 Å². The summed E-state index contributed by atoms with van der Waals surface area (Å²) in [7, 11) is 1.92. The molecule has 0 spiro atoms. The molecule has 3 aromatic rings. The minimum absolute atomic E-state index is 0.312. The van der Waals surface area contributed by atoms with Gasteiger partial charge in [-0.15, -0.1) is 0 Å². The van der Waals surface area contributed by atoms with E-state index in [-0.39, 0.29) is 5.82 Å². The number of nitrogens with zero attached hydrogens (tertiary/aromatic N) is 2. The van der Waals surface area contributed by atoms with Crippen molar-refractivity contribution < 1.29 is 4.39 Å². The normalized spacial score (nSPS) is 11.1. The topological polar surface area (TPSA) is 43.8 Å². The Morgan fingerprint density at radius 3 is 2.74 bits per heavy atom. The van der Waals surface area contributed by atoms with Crippen molar-refractivity contribution in [2.24, 2.45) is 7.05 Å². The van der Waals surface area contributed by atoms with Crippen LogP contribution in [0.3, 0.4) is 0 Å². The van der Waals surface area contributed by atoms with Gasteiger partial charge in [0.25, 0.3) is 0 Å². The van der Waals surface area contributed by atoms with Gasteiger partial charge in [0.15, 0.2) is 0 Å². The van der Waals surface area contributed by atoms with Crippen molar-refractivity contribution in [3.05, 3.63) is 47.8 Å². The number of aryl methyl sites for hydroxylation is 2. The first-order chi connectivity index (χ1) is 9.08. The van der Waals surface area contributed by atoms with E-state index < -0.39 is 0 Å². The Kier molecular flexibility index (Phi) is 2.52. The minimum Gasteiger partial charge on any atom is -0.398 e. The molecule has 0 aliphatic heterocycles. The van der Waals surface area contributed by atoms with E-state index in [2.05, 4.69) is 4.98 Å². The highest BCUT2D eigenvalue weighted by Crippen LogP contribution is 2.29. The molecule has 0 saturated carbocycles. The molecule has 0 saturated heterocycles. The molecule has 96 valence electrons. The number of aromatic nitrogens is 2. The Morgan fingerprint density at radius 1 is 1.21 bits per heavy atom. The number of imidazole rings is 1. The van der Waals surface area contributed by atoms with E-state index in [9.17, 15) is 4.39 Å². The molecule has 2 N–H and O–H groups in total. The second kappa shape index (κ2) is 4.09. The van der Waals surface area contributed by atoms with E-state index >= 15 is 0 Å². The van der Waals surface area contributed by atoms with Crippen LogP contribution in [-0.2, 0) is 7.05 Å². The van der Waals surface area contributed by atoms with Gasteiger partial charge in [0, 0.05) is 18.3 Å². The van der Waals surface area contributed by atoms with Crippen molar-refractivity contribution in [2.45, 2.75) is 6.92 Å². The molecule has 19 heavy (non-hydrogen) atoms. The highest BCUT2D eigenvalue weighted by atomic mass is 19.1. The number of rotatable bonds is 1. The van der Waals surface area contributed by atoms with Crippen LogP contribution >= 0.6 is 0 Å². The Morgan fingerprint density at radius 2 is 2.00 bits per heavy atom. The highest BCUT2D eigenvalue weighted by Gasteiger charge is 2.14. The first-order valence-corrected chi connectivity index (χ1v) is 6.05. The first kappa shape index (κ1) is 11.7. The Hall–Kier alpha value is -2.36. The summed E-state index contributed by atoms with van der Waals surface area (Å²) in [5.41, 5.74) is 10.1. The van der Waals surface area contributed by atoms with Crippen molar-refractivity contribution >= 4 is 16.7 Å². The molecule has 0 aliphatic carbocycles. The van der Waals surface area contributed by atoms with Crippen LogP contribution in [-0.4, -0.2) is 9.55 Å². The van der Waals surface area contributed by atoms with Crippen LogP contribution < -0.4 is 5.73 Å². The van der Waals surface area contributed by atoms with Crippen molar-refractivity contribution in [3.8, 4) is 11.4 Å². The number of nitrogen functional groups attached to an aromatic ring is 1. The summed E-state index contributed by atoms with van der Waals surface area (Å²) in [4.78, 5) is 4.56. The second-order valence-corrected chi connectivity index (χ2v) is 4.67. The fraction of sp³-hybridized carbons (Fsp3) is 0.133. The number of anilines is 1. The van der Waals surface area contributed by atoms with Crippen LogP contribution in [0, 0.1) is 12.7 Å². The zero-order chi connectivity index (χ0) is 13.6. The molecular weight excluding hydrogens is 241 g/mol. The van der Waals surface area contributed by atoms with E-state index in [1.807, 2.05) is 36.7 Å². The first-order valence-electron chi connectivity index (χ1n) is 6.05.